The quantitative estimate of drug-likeness (QED) is 0.795. The molecular weight excluding hydrogens is 356 g/mol. The van der Waals surface area contributed by atoms with Gasteiger partial charge in [-0.25, -0.2) is 13.1 Å². The maximum absolute atomic E-state index is 12.5. The molecule has 0 unspecified atom stereocenters. The number of rotatable bonds is 6. The lowest BCUT2D eigenvalue weighted by molar-refractivity contribution is -0.00475. The van der Waals surface area contributed by atoms with Crippen LogP contribution in [0.25, 0.3) is 0 Å². The van der Waals surface area contributed by atoms with E-state index in [9.17, 15) is 8.42 Å². The van der Waals surface area contributed by atoms with Gasteiger partial charge in [0.1, 0.15) is 0 Å². The lowest BCUT2D eigenvalue weighted by Crippen LogP contribution is -2.47. The maximum atomic E-state index is 12.5. The number of nitrogens with one attached hydrogen (secondary N) is 1. The van der Waals surface area contributed by atoms with Gasteiger partial charge < -0.3 is 10.5 Å². The molecule has 1 aromatic carbocycles. The summed E-state index contributed by atoms with van der Waals surface area (Å²) in [6.07, 6.45) is 1.62. The van der Waals surface area contributed by atoms with Crippen LogP contribution in [0.4, 0.5) is 0 Å². The van der Waals surface area contributed by atoms with E-state index >= 15 is 0 Å². The lowest BCUT2D eigenvalue weighted by atomic mass is 9.90. The average molecular weight is 377 g/mol. The van der Waals surface area contributed by atoms with Gasteiger partial charge in [-0.15, -0.1) is 0 Å². The zero-order valence-corrected chi connectivity index (χ0v) is 14.6. The van der Waals surface area contributed by atoms with Crippen LogP contribution in [0.15, 0.2) is 21.5 Å². The van der Waals surface area contributed by atoms with Gasteiger partial charge in [0.05, 0.1) is 11.0 Å². The third-order valence-electron chi connectivity index (χ3n) is 3.70. The van der Waals surface area contributed by atoms with E-state index in [1.165, 1.54) is 0 Å². The molecule has 1 aromatic rings. The van der Waals surface area contributed by atoms with Crippen LogP contribution in [0, 0.1) is 6.92 Å². The molecule has 1 saturated carbocycles. The number of nitrogens with two attached hydrogens (primary N) is 1. The highest BCUT2D eigenvalue weighted by atomic mass is 79.9. The summed E-state index contributed by atoms with van der Waals surface area (Å²) < 4.78 is 34.0. The van der Waals surface area contributed by atoms with Gasteiger partial charge in [0.15, 0.2) is 0 Å². The van der Waals surface area contributed by atoms with Gasteiger partial charge in [-0.3, -0.25) is 0 Å². The molecule has 0 amide bonds. The SMILES string of the molecule is CCOC1CC(NS(=O)(=O)c2cc(CN)cc(Br)c2C)C1. The first-order valence-electron chi connectivity index (χ1n) is 7.00. The molecule has 5 nitrogen and oxygen atoms in total. The van der Waals surface area contributed by atoms with Crippen LogP contribution in [0.3, 0.4) is 0 Å². The van der Waals surface area contributed by atoms with Crippen LogP contribution in [-0.4, -0.2) is 27.2 Å². The number of hydrogen-bond acceptors (Lipinski definition) is 4. The van der Waals surface area contributed by atoms with Gasteiger partial charge in [-0.1, -0.05) is 15.9 Å². The van der Waals surface area contributed by atoms with E-state index < -0.39 is 10.0 Å². The molecule has 0 aromatic heterocycles. The Bertz CT molecular complexity index is 613. The molecule has 0 atom stereocenters. The molecule has 7 heteroatoms. The highest BCUT2D eigenvalue weighted by molar-refractivity contribution is 9.10. The molecule has 2 rings (SSSR count). The first kappa shape index (κ1) is 16.9. The van der Waals surface area contributed by atoms with Gasteiger partial charge in [0, 0.05) is 23.7 Å². The van der Waals surface area contributed by atoms with E-state index in [2.05, 4.69) is 20.7 Å². The molecule has 0 saturated heterocycles. The molecule has 0 bridgehead atoms. The highest BCUT2D eigenvalue weighted by Gasteiger charge is 2.33. The van der Waals surface area contributed by atoms with Crippen LogP contribution >= 0.6 is 15.9 Å². The Morgan fingerprint density at radius 2 is 2.10 bits per heavy atom. The van der Waals surface area contributed by atoms with Crippen LogP contribution < -0.4 is 10.5 Å². The van der Waals surface area contributed by atoms with Crippen LogP contribution in [-0.2, 0) is 21.3 Å². The van der Waals surface area contributed by atoms with Gasteiger partial charge in [-0.2, -0.15) is 0 Å². The zero-order chi connectivity index (χ0) is 15.6. The van der Waals surface area contributed by atoms with Crippen molar-refractivity contribution in [1.82, 2.24) is 4.72 Å². The van der Waals surface area contributed by atoms with Crippen LogP contribution in [0.1, 0.15) is 30.9 Å². The van der Waals surface area contributed by atoms with Crippen molar-refractivity contribution in [3.8, 4) is 0 Å². The average Bonchev–Trinajstić information content (AvgIpc) is 2.39. The fourth-order valence-corrected chi connectivity index (χ4v) is 4.64. The Morgan fingerprint density at radius 3 is 2.67 bits per heavy atom. The Morgan fingerprint density at radius 1 is 1.43 bits per heavy atom. The van der Waals surface area contributed by atoms with E-state index in [0.29, 0.717) is 18.7 Å². The Labute approximate surface area is 134 Å². The second-order valence-electron chi connectivity index (χ2n) is 5.27. The first-order valence-corrected chi connectivity index (χ1v) is 9.28. The van der Waals surface area contributed by atoms with Crippen molar-refractivity contribution in [2.45, 2.75) is 50.3 Å². The molecule has 0 spiro atoms. The minimum Gasteiger partial charge on any atom is -0.378 e. The van der Waals surface area contributed by atoms with Crippen molar-refractivity contribution >= 4 is 26.0 Å². The highest BCUT2D eigenvalue weighted by Crippen LogP contribution is 2.29. The smallest absolute Gasteiger partial charge is 0.241 e. The molecule has 1 fully saturated rings. The second kappa shape index (κ2) is 6.75. The Balaban J connectivity index is 2.15. The molecule has 21 heavy (non-hydrogen) atoms. The minimum absolute atomic E-state index is 0.0498. The van der Waals surface area contributed by atoms with E-state index in [1.54, 1.807) is 13.0 Å². The fraction of sp³-hybridized carbons (Fsp3) is 0.571. The first-order chi connectivity index (χ1) is 9.87. The third-order valence-corrected chi connectivity index (χ3v) is 6.17. The molecule has 0 aliphatic heterocycles. The summed E-state index contributed by atoms with van der Waals surface area (Å²) in [4.78, 5) is 0.289. The van der Waals surface area contributed by atoms with Crippen molar-refractivity contribution in [1.29, 1.82) is 0 Å². The van der Waals surface area contributed by atoms with Crippen molar-refractivity contribution in [3.63, 3.8) is 0 Å². The third kappa shape index (κ3) is 3.84. The molecule has 118 valence electrons. The summed E-state index contributed by atoms with van der Waals surface area (Å²) in [6.45, 7) is 4.69. The molecule has 1 aliphatic carbocycles. The Kier molecular flexibility index (Phi) is 5.43. The van der Waals surface area contributed by atoms with E-state index in [1.807, 2.05) is 13.0 Å². The zero-order valence-electron chi connectivity index (χ0n) is 12.2. The number of ether oxygens (including phenoxy) is 1. The normalized spacial score (nSPS) is 22.1. The molecule has 1 aliphatic rings. The van der Waals surface area contributed by atoms with Gasteiger partial charge >= 0.3 is 0 Å². The summed E-state index contributed by atoms with van der Waals surface area (Å²) in [7, 11) is -3.54. The van der Waals surface area contributed by atoms with E-state index in [4.69, 9.17) is 10.5 Å². The number of sulfonamides is 1. The predicted molar refractivity (Wildman–Crippen MR) is 85.5 cm³/mol. The monoisotopic (exact) mass is 376 g/mol. The number of benzene rings is 1. The maximum Gasteiger partial charge on any atom is 0.241 e. The summed E-state index contributed by atoms with van der Waals surface area (Å²) in [6, 6.07) is 3.44. The van der Waals surface area contributed by atoms with Crippen LogP contribution in [0.5, 0.6) is 0 Å². The van der Waals surface area contributed by atoms with Crippen molar-refractivity contribution in [2.24, 2.45) is 5.73 Å². The minimum atomic E-state index is -3.54. The van der Waals surface area contributed by atoms with Gasteiger partial charge in [0.25, 0.3) is 0 Å². The fourth-order valence-electron chi connectivity index (χ4n) is 2.42. The Hall–Kier alpha value is -0.470. The second-order valence-corrected chi connectivity index (χ2v) is 7.81. The van der Waals surface area contributed by atoms with Gasteiger partial charge in [0.2, 0.25) is 10.0 Å². The summed E-state index contributed by atoms with van der Waals surface area (Å²) >= 11 is 3.39. The number of halogens is 1. The van der Waals surface area contributed by atoms with Gasteiger partial charge in [-0.05, 0) is 49.9 Å². The lowest BCUT2D eigenvalue weighted by Gasteiger charge is -2.35. The molecule has 3 N–H and O–H groups in total. The van der Waals surface area contributed by atoms with Crippen molar-refractivity contribution in [3.05, 3.63) is 27.7 Å². The van der Waals surface area contributed by atoms with Crippen LogP contribution in [0.2, 0.25) is 0 Å². The van der Waals surface area contributed by atoms with E-state index in [-0.39, 0.29) is 17.0 Å². The largest absolute Gasteiger partial charge is 0.378 e. The molecular formula is C14H21BrN2O3S. The summed E-state index contributed by atoms with van der Waals surface area (Å²) in [5.74, 6) is 0. The van der Waals surface area contributed by atoms with E-state index in [0.717, 1.165) is 22.9 Å². The van der Waals surface area contributed by atoms with Crippen molar-refractivity contribution < 1.29 is 13.2 Å². The topological polar surface area (TPSA) is 81.4 Å². The molecule has 0 radical (unpaired) electrons. The summed E-state index contributed by atoms with van der Waals surface area (Å²) in [5.41, 5.74) is 7.10. The predicted octanol–water partition coefficient (Wildman–Crippen LogP) is 2.06. The van der Waals surface area contributed by atoms with Crippen molar-refractivity contribution in [2.75, 3.05) is 6.61 Å². The number of hydrogen-bond donors (Lipinski definition) is 2. The standard InChI is InChI=1S/C14H21BrN2O3S/c1-3-20-12-6-11(7-12)17-21(18,19)14-5-10(8-16)4-13(15)9(14)2/h4-5,11-12,17H,3,6-8,16H2,1-2H3. The molecule has 0 heterocycles. The summed E-state index contributed by atoms with van der Waals surface area (Å²) in [5, 5.41) is 0.